The van der Waals surface area contributed by atoms with Gasteiger partial charge in [0, 0.05) is 17.7 Å². The molecule has 0 amide bonds. The first-order valence-corrected chi connectivity index (χ1v) is 6.27. The molecule has 1 fully saturated rings. The summed E-state index contributed by atoms with van der Waals surface area (Å²) < 4.78 is 4.73. The molecule has 0 saturated heterocycles. The second-order valence-electron chi connectivity index (χ2n) is 4.68. The third kappa shape index (κ3) is 3.21. The monoisotopic (exact) mass is 265 g/mol. The van der Waals surface area contributed by atoms with Gasteiger partial charge in [-0.15, -0.1) is 0 Å². The third-order valence-corrected chi connectivity index (χ3v) is 3.45. The largest absolute Gasteiger partial charge is 0.511 e. The summed E-state index contributed by atoms with van der Waals surface area (Å²) in [6.07, 6.45) is 3.69. The maximum Gasteiger partial charge on any atom is 0.511 e. The Morgan fingerprint density at radius 3 is 2.58 bits per heavy atom. The van der Waals surface area contributed by atoms with Crippen molar-refractivity contribution in [1.82, 2.24) is 0 Å². The lowest BCUT2D eigenvalue weighted by atomic mass is 9.83. The average Bonchev–Trinajstić information content (AvgIpc) is 2.39. The van der Waals surface area contributed by atoms with Crippen LogP contribution in [0.2, 0.25) is 0 Å². The zero-order valence-electron chi connectivity index (χ0n) is 10.4. The van der Waals surface area contributed by atoms with E-state index in [0.29, 0.717) is 5.56 Å². The molecule has 6 nitrogen and oxygen atoms in total. The smallest absolute Gasteiger partial charge is 0.449 e. The Hall–Kier alpha value is -2.11. The highest BCUT2D eigenvalue weighted by atomic mass is 16.7. The fourth-order valence-corrected chi connectivity index (χ4v) is 2.57. The minimum Gasteiger partial charge on any atom is -0.449 e. The van der Waals surface area contributed by atoms with Gasteiger partial charge in [0.05, 0.1) is 4.92 Å². The van der Waals surface area contributed by atoms with Crippen LogP contribution in [-0.2, 0) is 0 Å². The Morgan fingerprint density at radius 2 is 2.00 bits per heavy atom. The molecule has 0 heterocycles. The van der Waals surface area contributed by atoms with Gasteiger partial charge < -0.3 is 9.84 Å². The van der Waals surface area contributed by atoms with Crippen LogP contribution in [0.15, 0.2) is 18.2 Å². The molecule has 0 radical (unpaired) electrons. The number of ether oxygens (including phenoxy) is 1. The molecule has 1 aliphatic rings. The van der Waals surface area contributed by atoms with Crippen LogP contribution in [0.4, 0.5) is 10.5 Å². The number of hydrogen-bond acceptors (Lipinski definition) is 4. The molecular formula is C13H15NO5. The topological polar surface area (TPSA) is 89.7 Å². The van der Waals surface area contributed by atoms with Crippen LogP contribution >= 0.6 is 0 Å². The summed E-state index contributed by atoms with van der Waals surface area (Å²) in [6.45, 7) is 0. The van der Waals surface area contributed by atoms with E-state index < -0.39 is 11.1 Å². The van der Waals surface area contributed by atoms with Gasteiger partial charge in [-0.1, -0.05) is 19.3 Å². The summed E-state index contributed by atoms with van der Waals surface area (Å²) in [4.78, 5) is 21.0. The normalized spacial score (nSPS) is 16.0. The van der Waals surface area contributed by atoms with Crippen molar-refractivity contribution in [2.45, 2.75) is 38.0 Å². The summed E-state index contributed by atoms with van der Waals surface area (Å²) in [5, 5.41) is 19.5. The molecule has 1 aliphatic carbocycles. The van der Waals surface area contributed by atoms with E-state index in [0.717, 1.165) is 32.1 Å². The maximum absolute atomic E-state index is 10.8. The molecule has 2 rings (SSSR count). The van der Waals surface area contributed by atoms with E-state index >= 15 is 0 Å². The molecular weight excluding hydrogens is 250 g/mol. The van der Waals surface area contributed by atoms with Gasteiger partial charge in [0.15, 0.2) is 0 Å². The average molecular weight is 265 g/mol. The molecule has 1 saturated carbocycles. The van der Waals surface area contributed by atoms with E-state index in [9.17, 15) is 14.9 Å². The van der Waals surface area contributed by atoms with Gasteiger partial charge in [0.25, 0.3) is 5.69 Å². The second-order valence-corrected chi connectivity index (χ2v) is 4.68. The van der Waals surface area contributed by atoms with E-state index in [4.69, 9.17) is 9.84 Å². The molecule has 0 bridgehead atoms. The van der Waals surface area contributed by atoms with Crippen molar-refractivity contribution in [1.29, 1.82) is 0 Å². The summed E-state index contributed by atoms with van der Waals surface area (Å²) in [6, 6.07) is 4.08. The fourth-order valence-electron chi connectivity index (χ4n) is 2.57. The summed E-state index contributed by atoms with van der Waals surface area (Å²) in [5.74, 6) is 0.355. The van der Waals surface area contributed by atoms with Crippen molar-refractivity contribution >= 4 is 11.8 Å². The number of nitro groups is 1. The zero-order valence-corrected chi connectivity index (χ0v) is 10.4. The van der Waals surface area contributed by atoms with Crippen molar-refractivity contribution in [3.8, 4) is 5.75 Å². The van der Waals surface area contributed by atoms with Crippen LogP contribution < -0.4 is 4.74 Å². The summed E-state index contributed by atoms with van der Waals surface area (Å²) >= 11 is 0. The number of non-ortho nitro benzene ring substituents is 1. The van der Waals surface area contributed by atoms with E-state index in [1.54, 1.807) is 0 Å². The zero-order chi connectivity index (χ0) is 13.8. The standard InChI is InChI=1S/C13H15NO5/c15-13(16)19-12-7-6-10(14(17)18)8-11(12)9-4-2-1-3-5-9/h6-9H,1-5H2,(H,15,16). The van der Waals surface area contributed by atoms with Crippen LogP contribution in [0.5, 0.6) is 5.75 Å². The highest BCUT2D eigenvalue weighted by Crippen LogP contribution is 2.39. The number of carbonyl (C=O) groups is 1. The molecule has 1 aromatic carbocycles. The lowest BCUT2D eigenvalue weighted by Crippen LogP contribution is -2.10. The van der Waals surface area contributed by atoms with Gasteiger partial charge in [-0.05, 0) is 24.8 Å². The van der Waals surface area contributed by atoms with Crippen molar-refractivity contribution in [2.75, 3.05) is 0 Å². The van der Waals surface area contributed by atoms with Gasteiger partial charge in [0.1, 0.15) is 5.75 Å². The number of hydrogen-bond donors (Lipinski definition) is 1. The predicted molar refractivity (Wildman–Crippen MR) is 67.6 cm³/mol. The minimum atomic E-state index is -1.40. The maximum atomic E-state index is 10.8. The lowest BCUT2D eigenvalue weighted by Gasteiger charge is -2.23. The number of carboxylic acid groups (broad SMARTS) is 1. The van der Waals surface area contributed by atoms with E-state index in [-0.39, 0.29) is 17.4 Å². The molecule has 19 heavy (non-hydrogen) atoms. The molecule has 0 spiro atoms. The van der Waals surface area contributed by atoms with Crippen LogP contribution in [0.1, 0.15) is 43.6 Å². The molecule has 1 N–H and O–H groups in total. The number of rotatable bonds is 3. The molecule has 102 valence electrons. The van der Waals surface area contributed by atoms with Crippen molar-refractivity contribution in [2.24, 2.45) is 0 Å². The van der Waals surface area contributed by atoms with E-state index in [2.05, 4.69) is 0 Å². The highest BCUT2D eigenvalue weighted by Gasteiger charge is 2.23. The lowest BCUT2D eigenvalue weighted by molar-refractivity contribution is -0.385. The van der Waals surface area contributed by atoms with Crippen molar-refractivity contribution in [3.63, 3.8) is 0 Å². The molecule has 1 aromatic rings. The Kier molecular flexibility index (Phi) is 3.99. The quantitative estimate of drug-likeness (QED) is 0.389. The first-order valence-electron chi connectivity index (χ1n) is 6.27. The highest BCUT2D eigenvalue weighted by molar-refractivity contribution is 5.63. The Labute approximate surface area is 110 Å². The molecule has 6 heteroatoms. The second kappa shape index (κ2) is 5.69. The Balaban J connectivity index is 2.36. The summed E-state index contributed by atoms with van der Waals surface area (Å²) in [7, 11) is 0. The number of nitrogens with zero attached hydrogens (tertiary/aromatic N) is 1. The third-order valence-electron chi connectivity index (χ3n) is 3.45. The first kappa shape index (κ1) is 13.3. The summed E-state index contributed by atoms with van der Waals surface area (Å²) in [5.41, 5.74) is 0.606. The van der Waals surface area contributed by atoms with Crippen LogP contribution in [0, 0.1) is 10.1 Å². The van der Waals surface area contributed by atoms with Gasteiger partial charge in [0.2, 0.25) is 0 Å². The first-order chi connectivity index (χ1) is 9.08. The van der Waals surface area contributed by atoms with Gasteiger partial charge in [-0.25, -0.2) is 4.79 Å². The van der Waals surface area contributed by atoms with Crippen LogP contribution in [0.25, 0.3) is 0 Å². The SMILES string of the molecule is O=C(O)Oc1ccc([N+](=O)[O-])cc1C1CCCCC1. The predicted octanol–water partition coefficient (Wildman–Crippen LogP) is 3.70. The molecule has 0 atom stereocenters. The van der Waals surface area contributed by atoms with E-state index in [1.807, 2.05) is 0 Å². The van der Waals surface area contributed by atoms with Gasteiger partial charge >= 0.3 is 6.16 Å². The van der Waals surface area contributed by atoms with Gasteiger partial charge in [-0.3, -0.25) is 10.1 Å². The molecule has 0 aliphatic heterocycles. The molecule has 0 aromatic heterocycles. The van der Waals surface area contributed by atoms with Crippen LogP contribution in [0.3, 0.4) is 0 Å². The molecule has 0 unspecified atom stereocenters. The van der Waals surface area contributed by atoms with Crippen LogP contribution in [-0.4, -0.2) is 16.2 Å². The van der Waals surface area contributed by atoms with E-state index in [1.165, 1.54) is 18.2 Å². The van der Waals surface area contributed by atoms with Gasteiger partial charge in [-0.2, -0.15) is 0 Å². The minimum absolute atomic E-state index is 0.0293. The number of benzene rings is 1. The van der Waals surface area contributed by atoms with Crippen molar-refractivity contribution < 1.29 is 19.6 Å². The van der Waals surface area contributed by atoms with Crippen molar-refractivity contribution in [3.05, 3.63) is 33.9 Å². The Bertz CT molecular complexity index is 494. The fraction of sp³-hybridized carbons (Fsp3) is 0.462. The Morgan fingerprint density at radius 1 is 1.32 bits per heavy atom. The number of nitro benzene ring substituents is 1.